The highest BCUT2D eigenvalue weighted by Crippen LogP contribution is 1.80. The van der Waals surface area contributed by atoms with E-state index in [1.807, 2.05) is 0 Å². The monoisotopic (exact) mass is 206 g/mol. The number of hydrogen-bond donors (Lipinski definition) is 5. The van der Waals surface area contributed by atoms with E-state index in [4.69, 9.17) is 10.2 Å². The molecule has 14 heavy (non-hydrogen) atoms. The van der Waals surface area contributed by atoms with Gasteiger partial charge in [0.25, 0.3) is 0 Å². The van der Waals surface area contributed by atoms with Gasteiger partial charge in [-0.2, -0.15) is 0 Å². The minimum atomic E-state index is -0.410. The first-order chi connectivity index (χ1) is 6.81. The summed E-state index contributed by atoms with van der Waals surface area (Å²) in [5.74, 6) is 0. The van der Waals surface area contributed by atoms with Crippen LogP contribution in [0.25, 0.3) is 0 Å². The summed E-state index contributed by atoms with van der Waals surface area (Å²) in [7, 11) is 0. The molecule has 0 aromatic carbocycles. The summed E-state index contributed by atoms with van der Waals surface area (Å²) >= 11 is 0. The Kier molecular flexibility index (Phi) is 10.7. The van der Waals surface area contributed by atoms with Gasteiger partial charge in [-0.3, -0.25) is 0 Å². The molecule has 0 saturated carbocycles. The van der Waals surface area contributed by atoms with Gasteiger partial charge in [-0.1, -0.05) is 0 Å². The van der Waals surface area contributed by atoms with E-state index in [1.54, 1.807) is 0 Å². The molecule has 0 aromatic heterocycles. The fourth-order valence-corrected chi connectivity index (χ4v) is 1.02. The number of nitrogens with one attached hydrogen (secondary N) is 2. The van der Waals surface area contributed by atoms with Crippen molar-refractivity contribution in [3.8, 4) is 0 Å². The van der Waals surface area contributed by atoms with Crippen LogP contribution in [0.4, 0.5) is 0 Å². The second-order valence-electron chi connectivity index (χ2n) is 3.22. The Morgan fingerprint density at radius 3 is 1.64 bits per heavy atom. The molecule has 0 aromatic rings. The predicted octanol–water partition coefficient (Wildman–Crippen LogP) is -1.71. The van der Waals surface area contributed by atoms with Gasteiger partial charge in [0, 0.05) is 26.3 Å². The van der Waals surface area contributed by atoms with Gasteiger partial charge in [-0.05, 0) is 25.9 Å². The molecule has 0 spiro atoms. The maximum absolute atomic E-state index is 9.40. The Morgan fingerprint density at radius 1 is 0.857 bits per heavy atom. The molecule has 0 aliphatic carbocycles. The summed E-state index contributed by atoms with van der Waals surface area (Å²) in [6.07, 6.45) is 1.02. The smallest absolute Gasteiger partial charge is 0.0788 e. The minimum Gasteiger partial charge on any atom is -0.396 e. The van der Waals surface area contributed by atoms with Gasteiger partial charge in [0.15, 0.2) is 0 Å². The van der Waals surface area contributed by atoms with Gasteiger partial charge in [-0.25, -0.2) is 0 Å². The van der Waals surface area contributed by atoms with Crippen LogP contribution in [0.1, 0.15) is 12.8 Å². The van der Waals surface area contributed by atoms with Crippen LogP contribution in [-0.2, 0) is 0 Å². The van der Waals surface area contributed by atoms with E-state index < -0.39 is 6.10 Å². The molecule has 0 fully saturated rings. The maximum atomic E-state index is 9.40. The standard InChI is InChI=1S/C9H22N2O3/c12-5-1-3-10-7-9(14)8-11-4-2-6-13/h9-14H,1-8H2. The van der Waals surface area contributed by atoms with Crippen molar-refractivity contribution < 1.29 is 15.3 Å². The molecule has 5 N–H and O–H groups in total. The van der Waals surface area contributed by atoms with Gasteiger partial charge in [0.05, 0.1) is 6.10 Å². The van der Waals surface area contributed by atoms with Gasteiger partial charge < -0.3 is 26.0 Å². The molecule has 5 nitrogen and oxygen atoms in total. The van der Waals surface area contributed by atoms with E-state index in [-0.39, 0.29) is 13.2 Å². The van der Waals surface area contributed by atoms with E-state index in [1.165, 1.54) is 0 Å². The van der Waals surface area contributed by atoms with Gasteiger partial charge in [0.2, 0.25) is 0 Å². The average Bonchev–Trinajstić information content (AvgIpc) is 2.19. The van der Waals surface area contributed by atoms with Crippen LogP contribution in [0, 0.1) is 0 Å². The number of rotatable bonds is 10. The van der Waals surface area contributed by atoms with Gasteiger partial charge in [0.1, 0.15) is 0 Å². The Labute approximate surface area is 85.1 Å². The molecule has 0 aliphatic heterocycles. The van der Waals surface area contributed by atoms with Crippen LogP contribution >= 0.6 is 0 Å². The minimum absolute atomic E-state index is 0.178. The molecule has 5 heteroatoms. The third-order valence-corrected chi connectivity index (χ3v) is 1.78. The molecule has 0 amide bonds. The molecule has 0 unspecified atom stereocenters. The second kappa shape index (κ2) is 10.9. The van der Waals surface area contributed by atoms with Crippen molar-refractivity contribution in [1.29, 1.82) is 0 Å². The third kappa shape index (κ3) is 9.88. The summed E-state index contributed by atoms with van der Waals surface area (Å²) in [6.45, 7) is 2.88. The number of hydrogen-bond acceptors (Lipinski definition) is 5. The van der Waals surface area contributed by atoms with Crippen molar-refractivity contribution >= 4 is 0 Å². The topological polar surface area (TPSA) is 84.8 Å². The van der Waals surface area contributed by atoms with Crippen LogP contribution in [0.2, 0.25) is 0 Å². The van der Waals surface area contributed by atoms with Crippen LogP contribution < -0.4 is 10.6 Å². The zero-order valence-electron chi connectivity index (χ0n) is 8.58. The first kappa shape index (κ1) is 13.8. The Morgan fingerprint density at radius 2 is 1.29 bits per heavy atom. The van der Waals surface area contributed by atoms with Crippen molar-refractivity contribution in [2.75, 3.05) is 39.4 Å². The van der Waals surface area contributed by atoms with Crippen LogP contribution in [-0.4, -0.2) is 60.8 Å². The lowest BCUT2D eigenvalue weighted by molar-refractivity contribution is 0.166. The normalized spacial score (nSPS) is 11.1. The summed E-state index contributed by atoms with van der Waals surface area (Å²) < 4.78 is 0. The van der Waals surface area contributed by atoms with Crippen LogP contribution in [0.15, 0.2) is 0 Å². The molecule has 0 radical (unpaired) electrons. The lowest BCUT2D eigenvalue weighted by Gasteiger charge is -2.12. The van der Waals surface area contributed by atoms with Crippen molar-refractivity contribution in [3.05, 3.63) is 0 Å². The fraction of sp³-hybridized carbons (Fsp3) is 1.00. The lowest BCUT2D eigenvalue weighted by Crippen LogP contribution is -2.36. The first-order valence-corrected chi connectivity index (χ1v) is 5.12. The fourth-order valence-electron chi connectivity index (χ4n) is 1.02. The van der Waals surface area contributed by atoms with Crippen LogP contribution in [0.5, 0.6) is 0 Å². The number of aliphatic hydroxyl groups is 3. The van der Waals surface area contributed by atoms with Gasteiger partial charge >= 0.3 is 0 Å². The Balaban J connectivity index is 3.07. The number of aliphatic hydroxyl groups excluding tert-OH is 3. The zero-order valence-corrected chi connectivity index (χ0v) is 8.58. The molecular weight excluding hydrogens is 184 g/mol. The van der Waals surface area contributed by atoms with Crippen molar-refractivity contribution in [2.45, 2.75) is 18.9 Å². The first-order valence-electron chi connectivity index (χ1n) is 5.12. The molecule has 0 atom stereocenters. The van der Waals surface area contributed by atoms with E-state index in [0.29, 0.717) is 25.9 Å². The molecule has 0 rings (SSSR count). The highest BCUT2D eigenvalue weighted by atomic mass is 16.3. The van der Waals surface area contributed by atoms with E-state index >= 15 is 0 Å². The highest BCUT2D eigenvalue weighted by molar-refractivity contribution is 4.62. The van der Waals surface area contributed by atoms with Crippen molar-refractivity contribution in [3.63, 3.8) is 0 Å². The van der Waals surface area contributed by atoms with E-state index in [0.717, 1.165) is 13.1 Å². The summed E-state index contributed by atoms with van der Waals surface area (Å²) in [4.78, 5) is 0. The summed E-state index contributed by atoms with van der Waals surface area (Å²) in [5.41, 5.74) is 0. The second-order valence-corrected chi connectivity index (χ2v) is 3.22. The molecular formula is C9H22N2O3. The zero-order chi connectivity index (χ0) is 10.6. The Hall–Kier alpha value is -0.200. The van der Waals surface area contributed by atoms with Crippen molar-refractivity contribution in [1.82, 2.24) is 10.6 Å². The molecule has 0 bridgehead atoms. The van der Waals surface area contributed by atoms with Gasteiger partial charge in [-0.15, -0.1) is 0 Å². The average molecular weight is 206 g/mol. The molecule has 0 heterocycles. The quantitative estimate of drug-likeness (QED) is 0.275. The largest absolute Gasteiger partial charge is 0.396 e. The predicted molar refractivity (Wildman–Crippen MR) is 55.2 cm³/mol. The Bertz CT molecular complexity index is 102. The van der Waals surface area contributed by atoms with E-state index in [9.17, 15) is 5.11 Å². The lowest BCUT2D eigenvalue weighted by atomic mass is 10.3. The SMILES string of the molecule is OCCCNCC(O)CNCCCO. The molecule has 86 valence electrons. The molecule has 0 saturated heterocycles. The summed E-state index contributed by atoms with van der Waals surface area (Å²) in [5, 5.41) is 32.4. The highest BCUT2D eigenvalue weighted by Gasteiger charge is 2.01. The summed E-state index contributed by atoms with van der Waals surface area (Å²) in [6, 6.07) is 0. The maximum Gasteiger partial charge on any atom is 0.0788 e. The van der Waals surface area contributed by atoms with Crippen molar-refractivity contribution in [2.24, 2.45) is 0 Å². The molecule has 0 aliphatic rings. The van der Waals surface area contributed by atoms with Crippen LogP contribution in [0.3, 0.4) is 0 Å². The third-order valence-electron chi connectivity index (χ3n) is 1.78. The van der Waals surface area contributed by atoms with E-state index in [2.05, 4.69) is 10.6 Å².